The maximum Gasteiger partial charge on any atom is 0.197 e. The molecule has 1 saturated heterocycles. The highest BCUT2D eigenvalue weighted by molar-refractivity contribution is 7.43. The fraction of sp³-hybridized carbons (Fsp3) is 0.833. The first-order chi connectivity index (χ1) is 7.22. The van der Waals surface area contributed by atoms with E-state index in [2.05, 4.69) is 9.26 Å². The van der Waals surface area contributed by atoms with Crippen LogP contribution in [0, 0.1) is 0 Å². The number of ether oxygens (including phenoxy) is 1. The van der Waals surface area contributed by atoms with Gasteiger partial charge in [-0.2, -0.15) is 0 Å². The fourth-order valence-electron chi connectivity index (χ4n) is 1.12. The van der Waals surface area contributed by atoms with Crippen LogP contribution in [0.25, 0.3) is 0 Å². The number of phosphoric ester groups is 1. The molecular weight excluding hydrogens is 247 g/mol. The van der Waals surface area contributed by atoms with Gasteiger partial charge < -0.3 is 38.9 Å². The van der Waals surface area contributed by atoms with Crippen molar-refractivity contribution in [2.45, 2.75) is 24.6 Å². The van der Waals surface area contributed by atoms with Gasteiger partial charge in [-0.25, -0.2) is 0 Å². The molecule has 1 heterocycles. The molecule has 9 nitrogen and oxygen atoms in total. The lowest BCUT2D eigenvalue weighted by atomic mass is 10.0. The summed E-state index contributed by atoms with van der Waals surface area (Å²) in [5.74, 6) is -1.14. The third-order valence-corrected chi connectivity index (χ3v) is 2.38. The van der Waals surface area contributed by atoms with Gasteiger partial charge in [0.1, 0.15) is 12.2 Å². The van der Waals surface area contributed by atoms with E-state index >= 15 is 0 Å². The van der Waals surface area contributed by atoms with E-state index in [9.17, 15) is 24.3 Å². The molecule has 1 unspecified atom stereocenters. The average molecular weight is 256 g/mol. The zero-order valence-corrected chi connectivity index (χ0v) is 8.65. The Labute approximate surface area is 89.5 Å². The van der Waals surface area contributed by atoms with E-state index in [-0.39, 0.29) is 0 Å². The molecule has 4 atom stereocenters. The van der Waals surface area contributed by atoms with Crippen molar-refractivity contribution in [2.24, 2.45) is 0 Å². The molecule has 1 aliphatic heterocycles. The third-order valence-electron chi connectivity index (χ3n) is 1.92. The number of ketones is 1. The molecule has 94 valence electrons. The van der Waals surface area contributed by atoms with Crippen LogP contribution in [0.5, 0.6) is 0 Å². The second kappa shape index (κ2) is 4.86. The number of rotatable bonds is 3. The van der Waals surface area contributed by atoms with Crippen LogP contribution >= 0.6 is 7.82 Å². The smallest absolute Gasteiger partial charge is 0.197 e. The highest BCUT2D eigenvalue weighted by Crippen LogP contribution is 2.27. The van der Waals surface area contributed by atoms with Gasteiger partial charge in [-0.3, -0.25) is 4.79 Å². The molecule has 0 aromatic rings. The number of hydrogen-bond acceptors (Lipinski definition) is 9. The lowest BCUT2D eigenvalue weighted by molar-refractivity contribution is -0.344. The molecule has 1 rings (SSSR count). The normalized spacial score (nSPS) is 36.4. The fourth-order valence-corrected chi connectivity index (χ4v) is 1.45. The Morgan fingerprint density at radius 1 is 1.31 bits per heavy atom. The van der Waals surface area contributed by atoms with Crippen LogP contribution in [0.3, 0.4) is 0 Å². The summed E-state index contributed by atoms with van der Waals surface area (Å²) in [6.07, 6.45) is -7.22. The Kier molecular flexibility index (Phi) is 4.16. The van der Waals surface area contributed by atoms with Gasteiger partial charge >= 0.3 is 0 Å². The van der Waals surface area contributed by atoms with Gasteiger partial charge in [0.2, 0.25) is 0 Å². The number of aliphatic hydroxyl groups excluding tert-OH is 3. The topological polar surface area (TPSA) is 159 Å². The van der Waals surface area contributed by atoms with E-state index in [0.29, 0.717) is 0 Å². The predicted octanol–water partition coefficient (Wildman–Crippen LogP) is -4.16. The second-order valence-electron chi connectivity index (χ2n) is 3.10. The summed E-state index contributed by atoms with van der Waals surface area (Å²) < 4.78 is 18.4. The number of carbonyl (C=O) groups is 1. The zero-order valence-electron chi connectivity index (χ0n) is 7.75. The van der Waals surface area contributed by atoms with Crippen molar-refractivity contribution in [2.75, 3.05) is 6.61 Å². The van der Waals surface area contributed by atoms with Gasteiger partial charge in [-0.1, -0.05) is 0 Å². The number of carbonyl (C=O) groups excluding carboxylic acids is 1. The van der Waals surface area contributed by atoms with Crippen molar-refractivity contribution in [3.8, 4) is 0 Å². The van der Waals surface area contributed by atoms with E-state index in [1.807, 2.05) is 0 Å². The summed E-state index contributed by atoms with van der Waals surface area (Å²) in [5, 5.41) is 27.1. The van der Waals surface area contributed by atoms with Crippen molar-refractivity contribution in [3.63, 3.8) is 0 Å². The Morgan fingerprint density at radius 2 is 1.88 bits per heavy atom. The SMILES string of the molecule is O=C1[C@@H](O)C(O)O[C@H](COP(=O)([O-])[O-])[C@H]1O. The summed E-state index contributed by atoms with van der Waals surface area (Å²) in [4.78, 5) is 31.3. The van der Waals surface area contributed by atoms with Gasteiger partial charge in [0, 0.05) is 0 Å². The first kappa shape index (κ1) is 13.7. The molecule has 0 spiro atoms. The summed E-state index contributed by atoms with van der Waals surface area (Å²) >= 11 is 0. The minimum atomic E-state index is -5.26. The highest BCUT2D eigenvalue weighted by Gasteiger charge is 2.42. The highest BCUT2D eigenvalue weighted by atomic mass is 31.2. The van der Waals surface area contributed by atoms with Crippen molar-refractivity contribution in [1.82, 2.24) is 0 Å². The van der Waals surface area contributed by atoms with Crippen LogP contribution < -0.4 is 9.79 Å². The lowest BCUT2D eigenvalue weighted by Crippen LogP contribution is -2.56. The van der Waals surface area contributed by atoms with Gasteiger partial charge in [-0.05, 0) is 0 Å². The Bertz CT molecular complexity index is 311. The Balaban J connectivity index is 2.61. The van der Waals surface area contributed by atoms with Crippen LogP contribution in [0.4, 0.5) is 0 Å². The van der Waals surface area contributed by atoms with Crippen LogP contribution in [0.15, 0.2) is 0 Å². The largest absolute Gasteiger partial charge is 0.790 e. The number of hydrogen-bond donors (Lipinski definition) is 3. The molecule has 1 fully saturated rings. The van der Waals surface area contributed by atoms with Crippen LogP contribution in [-0.4, -0.2) is 52.3 Å². The number of Topliss-reactive ketones (excluding diaryl/α,β-unsaturated/α-hetero) is 1. The Hall–Kier alpha value is -0.380. The molecule has 0 bridgehead atoms. The van der Waals surface area contributed by atoms with Crippen molar-refractivity contribution in [1.29, 1.82) is 0 Å². The average Bonchev–Trinajstić information content (AvgIpc) is 2.17. The van der Waals surface area contributed by atoms with E-state index in [0.717, 1.165) is 0 Å². The second-order valence-corrected chi connectivity index (χ2v) is 4.25. The van der Waals surface area contributed by atoms with Crippen LogP contribution in [0.1, 0.15) is 0 Å². The van der Waals surface area contributed by atoms with Crippen LogP contribution in [-0.2, 0) is 18.6 Å². The van der Waals surface area contributed by atoms with Gasteiger partial charge in [0.15, 0.2) is 18.2 Å². The molecule has 3 N–H and O–H groups in total. The van der Waals surface area contributed by atoms with Crippen molar-refractivity contribution in [3.05, 3.63) is 0 Å². The predicted molar refractivity (Wildman–Crippen MR) is 41.5 cm³/mol. The first-order valence-corrected chi connectivity index (χ1v) is 5.58. The lowest BCUT2D eigenvalue weighted by Gasteiger charge is -2.36. The van der Waals surface area contributed by atoms with Crippen molar-refractivity contribution >= 4 is 13.6 Å². The molecule has 0 amide bonds. The molecule has 0 aliphatic carbocycles. The van der Waals surface area contributed by atoms with E-state index < -0.39 is 44.8 Å². The first-order valence-electron chi connectivity index (χ1n) is 4.12. The molecular formula is C6H9O9P-2. The molecule has 0 saturated carbocycles. The third kappa shape index (κ3) is 3.30. The summed E-state index contributed by atoms with van der Waals surface area (Å²) in [5.41, 5.74) is 0. The maximum atomic E-state index is 11.0. The van der Waals surface area contributed by atoms with Gasteiger partial charge in [0.05, 0.1) is 14.4 Å². The van der Waals surface area contributed by atoms with E-state index in [4.69, 9.17) is 10.2 Å². The quantitative estimate of drug-likeness (QED) is 0.425. The molecule has 0 aromatic carbocycles. The molecule has 0 aromatic heterocycles. The maximum absolute atomic E-state index is 11.0. The minimum Gasteiger partial charge on any atom is -0.790 e. The molecule has 1 aliphatic rings. The van der Waals surface area contributed by atoms with Crippen LogP contribution in [0.2, 0.25) is 0 Å². The van der Waals surface area contributed by atoms with E-state index in [1.165, 1.54) is 0 Å². The van der Waals surface area contributed by atoms with E-state index in [1.54, 1.807) is 0 Å². The summed E-state index contributed by atoms with van der Waals surface area (Å²) in [6, 6.07) is 0. The van der Waals surface area contributed by atoms with Gasteiger partial charge in [-0.15, -0.1) is 0 Å². The standard InChI is InChI=1S/C6H11O9P/c7-3-2(1-14-16(11,12)13)15-6(10)5(9)4(3)8/h2-3,5-7,9-10H,1H2,(H2,11,12,13)/p-2/t2-,3-,5-,6?/m1/s1. The zero-order chi connectivity index (χ0) is 12.5. The molecule has 0 radical (unpaired) electrons. The monoisotopic (exact) mass is 256 g/mol. The number of phosphoric acid groups is 1. The number of aliphatic hydroxyl groups is 3. The molecule has 10 heteroatoms. The van der Waals surface area contributed by atoms with Crippen molar-refractivity contribution < 1.29 is 43.7 Å². The van der Waals surface area contributed by atoms with Gasteiger partial charge in [0.25, 0.3) is 0 Å². The molecule has 16 heavy (non-hydrogen) atoms. The minimum absolute atomic E-state index is 0.916. The summed E-state index contributed by atoms with van der Waals surface area (Å²) in [7, 11) is -5.26. The summed E-state index contributed by atoms with van der Waals surface area (Å²) in [6.45, 7) is -0.916. The Morgan fingerprint density at radius 3 is 2.38 bits per heavy atom.